The van der Waals surface area contributed by atoms with Crippen LogP contribution in [0.3, 0.4) is 0 Å². The highest BCUT2D eigenvalue weighted by molar-refractivity contribution is 9.10. The van der Waals surface area contributed by atoms with Gasteiger partial charge in [-0.05, 0) is 35.0 Å². The summed E-state index contributed by atoms with van der Waals surface area (Å²) in [7, 11) is 1.64. The zero-order chi connectivity index (χ0) is 14.5. The van der Waals surface area contributed by atoms with Gasteiger partial charge in [0, 0.05) is 17.8 Å². The van der Waals surface area contributed by atoms with Crippen LogP contribution < -0.4 is 5.32 Å². The molecule has 0 atom stereocenters. The van der Waals surface area contributed by atoms with Crippen LogP contribution in [0.1, 0.15) is 15.9 Å². The van der Waals surface area contributed by atoms with E-state index >= 15 is 0 Å². The van der Waals surface area contributed by atoms with Crippen LogP contribution in [0.4, 0.5) is 5.69 Å². The molecule has 1 amide bonds. The summed E-state index contributed by atoms with van der Waals surface area (Å²) in [5, 5.41) is 6.98. The fourth-order valence-corrected chi connectivity index (χ4v) is 2.17. The van der Waals surface area contributed by atoms with Crippen molar-refractivity contribution in [2.45, 2.75) is 13.5 Å². The molecule has 0 fully saturated rings. The van der Waals surface area contributed by atoms with E-state index in [4.69, 9.17) is 4.74 Å². The molecule has 0 unspecified atom stereocenters. The van der Waals surface area contributed by atoms with E-state index in [1.165, 1.54) is 0 Å². The number of nitrogens with zero attached hydrogens (tertiary/aromatic N) is 2. The van der Waals surface area contributed by atoms with Crippen LogP contribution in [0.25, 0.3) is 0 Å². The molecule has 0 saturated carbocycles. The second-order valence-corrected chi connectivity index (χ2v) is 5.28. The fourth-order valence-electron chi connectivity index (χ4n) is 1.75. The highest BCUT2D eigenvalue weighted by Crippen LogP contribution is 2.19. The number of amides is 1. The molecule has 1 N–H and O–H groups in total. The highest BCUT2D eigenvalue weighted by atomic mass is 79.9. The number of hydrogen-bond donors (Lipinski definition) is 1. The fraction of sp³-hybridized carbons (Fsp3) is 0.286. The summed E-state index contributed by atoms with van der Waals surface area (Å²) in [5.74, 6) is -0.160. The number of methoxy groups -OCH3 is 1. The summed E-state index contributed by atoms with van der Waals surface area (Å²) in [6.45, 7) is 3.19. The summed E-state index contributed by atoms with van der Waals surface area (Å²) in [4.78, 5) is 12.2. The minimum atomic E-state index is -0.160. The molecule has 0 saturated heterocycles. The number of carbonyl (C=O) groups excluding carboxylic acids is 1. The molecule has 2 aromatic rings. The van der Waals surface area contributed by atoms with Gasteiger partial charge in [0.2, 0.25) is 0 Å². The summed E-state index contributed by atoms with van der Waals surface area (Å²) in [5.41, 5.74) is 2.31. The lowest BCUT2D eigenvalue weighted by Crippen LogP contribution is -2.12. The van der Waals surface area contributed by atoms with Crippen LogP contribution in [0.2, 0.25) is 0 Å². The molecule has 0 spiro atoms. The standard InChI is InChI=1S/C14H16BrN3O2/c1-10-3-4-13(15)12(7-10)14(19)17-11-8-16-18(9-11)5-6-20-2/h3-4,7-9H,5-6H2,1-2H3,(H,17,19). The number of rotatable bonds is 5. The van der Waals surface area contributed by atoms with Gasteiger partial charge < -0.3 is 10.1 Å². The lowest BCUT2D eigenvalue weighted by molar-refractivity contribution is 0.102. The molecule has 0 bridgehead atoms. The van der Waals surface area contributed by atoms with E-state index in [1.54, 1.807) is 24.2 Å². The van der Waals surface area contributed by atoms with Gasteiger partial charge in [0.25, 0.3) is 5.91 Å². The number of benzene rings is 1. The second kappa shape index (κ2) is 6.67. The van der Waals surface area contributed by atoms with E-state index in [-0.39, 0.29) is 5.91 Å². The summed E-state index contributed by atoms with van der Waals surface area (Å²) in [6.07, 6.45) is 3.40. The number of nitrogens with one attached hydrogen (secondary N) is 1. The smallest absolute Gasteiger partial charge is 0.256 e. The maximum atomic E-state index is 12.2. The largest absolute Gasteiger partial charge is 0.383 e. The van der Waals surface area contributed by atoms with Gasteiger partial charge in [-0.1, -0.05) is 11.6 Å². The van der Waals surface area contributed by atoms with E-state index in [9.17, 15) is 4.79 Å². The number of halogens is 1. The van der Waals surface area contributed by atoms with E-state index in [1.807, 2.05) is 25.1 Å². The molecule has 0 aliphatic rings. The van der Waals surface area contributed by atoms with Crippen molar-refractivity contribution >= 4 is 27.5 Å². The Morgan fingerprint density at radius 2 is 2.30 bits per heavy atom. The molecule has 0 aliphatic carbocycles. The predicted octanol–water partition coefficient (Wildman–Crippen LogP) is 2.85. The monoisotopic (exact) mass is 337 g/mol. The normalized spacial score (nSPS) is 10.6. The van der Waals surface area contributed by atoms with Crippen molar-refractivity contribution in [3.05, 3.63) is 46.2 Å². The molecule has 0 aliphatic heterocycles. The number of aromatic nitrogens is 2. The number of aryl methyl sites for hydroxylation is 1. The molecular formula is C14H16BrN3O2. The lowest BCUT2D eigenvalue weighted by Gasteiger charge is -2.06. The van der Waals surface area contributed by atoms with Crippen molar-refractivity contribution in [1.82, 2.24) is 9.78 Å². The van der Waals surface area contributed by atoms with Gasteiger partial charge >= 0.3 is 0 Å². The first-order chi connectivity index (χ1) is 9.60. The average Bonchev–Trinajstić information content (AvgIpc) is 2.86. The Morgan fingerprint density at radius 1 is 1.50 bits per heavy atom. The number of carbonyl (C=O) groups is 1. The van der Waals surface area contributed by atoms with Crippen molar-refractivity contribution < 1.29 is 9.53 Å². The molecule has 20 heavy (non-hydrogen) atoms. The summed E-state index contributed by atoms with van der Waals surface area (Å²) >= 11 is 3.39. The van der Waals surface area contributed by atoms with Gasteiger partial charge in [-0.15, -0.1) is 0 Å². The Morgan fingerprint density at radius 3 is 3.05 bits per heavy atom. The average molecular weight is 338 g/mol. The molecular weight excluding hydrogens is 322 g/mol. The first-order valence-electron chi connectivity index (χ1n) is 6.19. The van der Waals surface area contributed by atoms with Crippen molar-refractivity contribution in [3.8, 4) is 0 Å². The molecule has 1 aromatic heterocycles. The Kier molecular flexibility index (Phi) is 4.92. The van der Waals surface area contributed by atoms with Crippen LogP contribution in [0.5, 0.6) is 0 Å². The van der Waals surface area contributed by atoms with Crippen molar-refractivity contribution in [1.29, 1.82) is 0 Å². The maximum absolute atomic E-state index is 12.2. The highest BCUT2D eigenvalue weighted by Gasteiger charge is 2.11. The van der Waals surface area contributed by atoms with Crippen LogP contribution in [-0.2, 0) is 11.3 Å². The maximum Gasteiger partial charge on any atom is 0.256 e. The Balaban J connectivity index is 2.07. The van der Waals surface area contributed by atoms with Gasteiger partial charge in [-0.2, -0.15) is 5.10 Å². The summed E-state index contributed by atoms with van der Waals surface area (Å²) < 4.78 is 7.48. The van der Waals surface area contributed by atoms with Gasteiger partial charge in [0.05, 0.1) is 30.6 Å². The van der Waals surface area contributed by atoms with Gasteiger partial charge in [-0.3, -0.25) is 9.48 Å². The first-order valence-corrected chi connectivity index (χ1v) is 6.98. The Bertz CT molecular complexity index is 610. The number of hydrogen-bond acceptors (Lipinski definition) is 3. The lowest BCUT2D eigenvalue weighted by atomic mass is 10.1. The minimum absolute atomic E-state index is 0.160. The van der Waals surface area contributed by atoms with Crippen LogP contribution in [0, 0.1) is 6.92 Å². The van der Waals surface area contributed by atoms with Crippen LogP contribution in [-0.4, -0.2) is 29.4 Å². The number of anilines is 1. The number of ether oxygens (including phenoxy) is 1. The quantitative estimate of drug-likeness (QED) is 0.912. The first kappa shape index (κ1) is 14.7. The zero-order valence-electron chi connectivity index (χ0n) is 11.4. The third-order valence-electron chi connectivity index (χ3n) is 2.78. The van der Waals surface area contributed by atoms with Crippen molar-refractivity contribution in [2.24, 2.45) is 0 Å². The van der Waals surface area contributed by atoms with Crippen LogP contribution >= 0.6 is 15.9 Å². The molecule has 1 aromatic carbocycles. The minimum Gasteiger partial charge on any atom is -0.383 e. The SMILES string of the molecule is COCCn1cc(NC(=O)c2cc(C)ccc2Br)cn1. The van der Waals surface area contributed by atoms with E-state index in [0.29, 0.717) is 24.4 Å². The van der Waals surface area contributed by atoms with Gasteiger partial charge in [0.15, 0.2) is 0 Å². The van der Waals surface area contributed by atoms with E-state index in [2.05, 4.69) is 26.3 Å². The van der Waals surface area contributed by atoms with E-state index in [0.717, 1.165) is 10.0 Å². The zero-order valence-corrected chi connectivity index (χ0v) is 13.0. The molecule has 5 nitrogen and oxygen atoms in total. The Labute approximate surface area is 126 Å². The predicted molar refractivity (Wildman–Crippen MR) is 80.9 cm³/mol. The third kappa shape index (κ3) is 3.68. The summed E-state index contributed by atoms with van der Waals surface area (Å²) in [6, 6.07) is 5.66. The molecule has 6 heteroatoms. The molecule has 2 rings (SSSR count). The van der Waals surface area contributed by atoms with E-state index < -0.39 is 0 Å². The molecule has 0 radical (unpaired) electrons. The second-order valence-electron chi connectivity index (χ2n) is 4.42. The van der Waals surface area contributed by atoms with Gasteiger partial charge in [0.1, 0.15) is 0 Å². The van der Waals surface area contributed by atoms with Crippen molar-refractivity contribution in [2.75, 3.05) is 19.0 Å². The van der Waals surface area contributed by atoms with Crippen LogP contribution in [0.15, 0.2) is 35.1 Å². The molecule has 1 heterocycles. The molecule has 106 valence electrons. The topological polar surface area (TPSA) is 56.1 Å². The third-order valence-corrected chi connectivity index (χ3v) is 3.47. The Hall–Kier alpha value is -1.66. The van der Waals surface area contributed by atoms with Gasteiger partial charge in [-0.25, -0.2) is 0 Å². The van der Waals surface area contributed by atoms with Crippen molar-refractivity contribution in [3.63, 3.8) is 0 Å².